The molecular weight excluding hydrogens is 106 g/mol. The molecule has 0 aromatic heterocycles. The minimum Gasteiger partial charge on any atom is -0.642 e. The van der Waals surface area contributed by atoms with E-state index in [1.807, 2.05) is 0 Å². The zero-order valence-electron chi connectivity index (χ0n) is 5.39. The summed E-state index contributed by atoms with van der Waals surface area (Å²) in [5, 5.41) is 3.73. The van der Waals surface area contributed by atoms with Gasteiger partial charge < -0.3 is 14.8 Å². The quantitative estimate of drug-likeness (QED) is 0.495. The Hall–Kier alpha value is -0.120. The van der Waals surface area contributed by atoms with E-state index in [2.05, 4.69) is 5.32 Å². The third kappa shape index (κ3) is 5.88. The minimum atomic E-state index is 0.476. The maximum atomic E-state index is 4.93. The highest BCUT2D eigenvalue weighted by Crippen LogP contribution is 1.79. The molecule has 8 heavy (non-hydrogen) atoms. The van der Waals surface area contributed by atoms with Crippen molar-refractivity contribution >= 4 is 0 Å². The zero-order valence-corrected chi connectivity index (χ0v) is 5.39. The number of hydrogen-bond acceptors (Lipinski definition) is 2. The molecule has 0 aliphatic rings. The summed E-state index contributed by atoms with van der Waals surface area (Å²) >= 11 is 0. The molecule has 0 rings (SSSR count). The molecule has 0 spiro atoms. The highest BCUT2D eigenvalue weighted by Gasteiger charge is 1.76. The van der Waals surface area contributed by atoms with Gasteiger partial charge in [-0.2, -0.15) is 7.05 Å². The van der Waals surface area contributed by atoms with Crippen LogP contribution in [0.3, 0.4) is 0 Å². The summed E-state index contributed by atoms with van der Waals surface area (Å²) in [6.45, 7) is 1.76. The molecule has 0 heterocycles. The fourth-order valence-corrected chi connectivity index (χ4v) is 0.298. The van der Waals surface area contributed by atoms with Gasteiger partial charge in [-0.25, -0.2) is 0 Å². The van der Waals surface area contributed by atoms with Crippen LogP contribution < -0.4 is 0 Å². The summed E-state index contributed by atoms with van der Waals surface area (Å²) in [5.41, 5.74) is 0. The van der Waals surface area contributed by atoms with Gasteiger partial charge in [-0.15, -0.1) is 0 Å². The van der Waals surface area contributed by atoms with Gasteiger partial charge in [0.05, 0.1) is 13.2 Å². The Balaban J connectivity index is 2.53. The van der Waals surface area contributed by atoms with Gasteiger partial charge in [0.25, 0.3) is 0 Å². The van der Waals surface area contributed by atoms with Crippen LogP contribution in [-0.4, -0.2) is 34.1 Å². The molecule has 0 saturated heterocycles. The largest absolute Gasteiger partial charge is 0.642 e. The molecule has 3 heteroatoms. The molecule has 0 atom stereocenters. The smallest absolute Gasteiger partial charge is 0.0695 e. The Kier molecular flexibility index (Phi) is 6.78. The van der Waals surface area contributed by atoms with Gasteiger partial charge >= 0.3 is 0 Å². The Bertz CT molecular complexity index is 35.4. The summed E-state index contributed by atoms with van der Waals surface area (Å²) in [7, 11) is 3.36. The highest BCUT2D eigenvalue weighted by molar-refractivity contribution is 4.59. The van der Waals surface area contributed by atoms with E-state index in [1.54, 1.807) is 14.2 Å². The molecule has 0 aliphatic heterocycles. The van der Waals surface area contributed by atoms with E-state index in [0.717, 1.165) is 0 Å². The number of nitrogens with zero attached hydrogens (tertiary/aromatic N) is 1. The van der Waals surface area contributed by atoms with E-state index < -0.39 is 0 Å². The lowest BCUT2D eigenvalue weighted by atomic mass is 10.8. The number of methoxy groups -OCH3 is 1. The third-order valence-electron chi connectivity index (χ3n) is 0.652. The van der Waals surface area contributed by atoms with Crippen molar-refractivity contribution in [2.45, 2.75) is 0 Å². The van der Waals surface area contributed by atoms with Crippen molar-refractivity contribution in [2.75, 3.05) is 34.1 Å². The molecule has 0 fully saturated rings. The van der Waals surface area contributed by atoms with Gasteiger partial charge in [-0.05, 0) is 6.73 Å². The summed E-state index contributed by atoms with van der Waals surface area (Å²) < 4.78 is 9.65. The van der Waals surface area contributed by atoms with Crippen molar-refractivity contribution in [3.8, 4) is 0 Å². The van der Waals surface area contributed by atoms with Crippen LogP contribution in [0.15, 0.2) is 0 Å². The second-order valence-electron chi connectivity index (χ2n) is 1.35. The normalized spacial score (nSPS) is 9.75. The van der Waals surface area contributed by atoms with Crippen LogP contribution in [0.5, 0.6) is 0 Å². The standard InChI is InChI=1S/C5H12NO2/c1-6-5-8-4-3-7-2/h3-5H2,1-2H3/q-1. The number of hydrogen-bond donors (Lipinski definition) is 0. The van der Waals surface area contributed by atoms with Crippen LogP contribution in [0.2, 0.25) is 0 Å². The summed E-state index contributed by atoms with van der Waals surface area (Å²) in [6.07, 6.45) is 0. The summed E-state index contributed by atoms with van der Waals surface area (Å²) in [4.78, 5) is 0. The van der Waals surface area contributed by atoms with E-state index in [0.29, 0.717) is 19.9 Å². The highest BCUT2D eigenvalue weighted by atomic mass is 16.5. The Morgan fingerprint density at radius 3 is 2.62 bits per heavy atom. The zero-order chi connectivity index (χ0) is 6.24. The van der Waals surface area contributed by atoms with Crippen LogP contribution in [0, 0.1) is 0 Å². The SMILES string of the molecule is C[N-]COCCOC. The van der Waals surface area contributed by atoms with Crippen molar-refractivity contribution < 1.29 is 9.47 Å². The van der Waals surface area contributed by atoms with Crippen molar-refractivity contribution in [1.29, 1.82) is 0 Å². The average molecular weight is 118 g/mol. The number of ether oxygens (including phenoxy) is 2. The Labute approximate surface area is 50.0 Å². The first-order valence-electron chi connectivity index (χ1n) is 2.54. The van der Waals surface area contributed by atoms with Gasteiger partial charge in [0, 0.05) is 7.11 Å². The van der Waals surface area contributed by atoms with Crippen LogP contribution in [0.4, 0.5) is 0 Å². The molecule has 3 nitrogen and oxygen atoms in total. The first kappa shape index (κ1) is 7.88. The van der Waals surface area contributed by atoms with Gasteiger partial charge in [0.15, 0.2) is 0 Å². The second kappa shape index (κ2) is 6.88. The first-order chi connectivity index (χ1) is 3.91. The van der Waals surface area contributed by atoms with Gasteiger partial charge in [-0.3, -0.25) is 0 Å². The lowest BCUT2D eigenvalue weighted by Crippen LogP contribution is -2.01. The van der Waals surface area contributed by atoms with Crippen molar-refractivity contribution in [2.24, 2.45) is 0 Å². The van der Waals surface area contributed by atoms with Crippen LogP contribution in [-0.2, 0) is 9.47 Å². The first-order valence-corrected chi connectivity index (χ1v) is 2.54. The molecule has 0 aromatic carbocycles. The predicted molar refractivity (Wildman–Crippen MR) is 32.0 cm³/mol. The molecule has 0 amide bonds. The second-order valence-corrected chi connectivity index (χ2v) is 1.35. The lowest BCUT2D eigenvalue weighted by Gasteiger charge is -2.10. The molecule has 0 bridgehead atoms. The van der Waals surface area contributed by atoms with Crippen molar-refractivity contribution in [3.05, 3.63) is 5.32 Å². The van der Waals surface area contributed by atoms with Gasteiger partial charge in [0.1, 0.15) is 0 Å². The summed E-state index contributed by atoms with van der Waals surface area (Å²) in [6, 6.07) is 0. The fourth-order valence-electron chi connectivity index (χ4n) is 0.298. The molecule has 0 unspecified atom stereocenters. The molecule has 0 radical (unpaired) electrons. The lowest BCUT2D eigenvalue weighted by molar-refractivity contribution is 0.0827. The summed E-state index contributed by atoms with van der Waals surface area (Å²) in [5.74, 6) is 0. The average Bonchev–Trinajstić information content (AvgIpc) is 1.81. The Morgan fingerprint density at radius 1 is 1.38 bits per heavy atom. The maximum Gasteiger partial charge on any atom is 0.0695 e. The van der Waals surface area contributed by atoms with E-state index in [9.17, 15) is 0 Å². The topological polar surface area (TPSA) is 32.6 Å². The molecule has 0 saturated carbocycles. The fraction of sp³-hybridized carbons (Fsp3) is 1.00. The van der Waals surface area contributed by atoms with E-state index in [-0.39, 0.29) is 0 Å². The Morgan fingerprint density at radius 2 is 2.12 bits per heavy atom. The molecule has 0 N–H and O–H groups in total. The van der Waals surface area contributed by atoms with Gasteiger partial charge in [-0.1, -0.05) is 0 Å². The monoisotopic (exact) mass is 118 g/mol. The molecular formula is C5H12NO2-. The van der Waals surface area contributed by atoms with Crippen molar-refractivity contribution in [1.82, 2.24) is 0 Å². The van der Waals surface area contributed by atoms with Crippen molar-refractivity contribution in [3.63, 3.8) is 0 Å². The van der Waals surface area contributed by atoms with Crippen LogP contribution >= 0.6 is 0 Å². The third-order valence-corrected chi connectivity index (χ3v) is 0.652. The molecule has 0 aromatic rings. The molecule has 50 valence electrons. The van der Waals surface area contributed by atoms with Crippen LogP contribution in [0.1, 0.15) is 0 Å². The number of rotatable bonds is 5. The maximum absolute atomic E-state index is 4.93. The van der Waals surface area contributed by atoms with Crippen LogP contribution in [0.25, 0.3) is 5.32 Å². The van der Waals surface area contributed by atoms with E-state index in [1.165, 1.54) is 0 Å². The van der Waals surface area contributed by atoms with E-state index >= 15 is 0 Å². The minimum absolute atomic E-state index is 0.476. The van der Waals surface area contributed by atoms with Gasteiger partial charge in [0.2, 0.25) is 0 Å². The predicted octanol–water partition coefficient (Wildman–Crippen LogP) is 0.610. The molecule has 0 aliphatic carbocycles. The van der Waals surface area contributed by atoms with E-state index in [4.69, 9.17) is 9.47 Å².